The minimum absolute atomic E-state index is 0.0430. The molecule has 2 amide bonds. The van der Waals surface area contributed by atoms with E-state index in [2.05, 4.69) is 26.1 Å². The molecule has 0 aliphatic carbocycles. The van der Waals surface area contributed by atoms with Crippen molar-refractivity contribution >= 4 is 23.6 Å². The van der Waals surface area contributed by atoms with Crippen LogP contribution in [0.5, 0.6) is 0 Å². The Bertz CT molecular complexity index is 367. The van der Waals surface area contributed by atoms with Crippen LogP contribution in [0.25, 0.3) is 0 Å². The number of nitrogens with one attached hydrogen (secondary N) is 1. The van der Waals surface area contributed by atoms with Gasteiger partial charge in [-0.15, -0.1) is 11.8 Å². The van der Waals surface area contributed by atoms with E-state index in [9.17, 15) is 9.59 Å². The van der Waals surface area contributed by atoms with Crippen LogP contribution in [0.1, 0.15) is 27.2 Å². The molecule has 2 saturated heterocycles. The van der Waals surface area contributed by atoms with Gasteiger partial charge in [0.15, 0.2) is 0 Å². The van der Waals surface area contributed by atoms with E-state index in [1.54, 1.807) is 11.8 Å². The third kappa shape index (κ3) is 4.11. The maximum absolute atomic E-state index is 12.2. The van der Waals surface area contributed by atoms with Crippen molar-refractivity contribution in [3.8, 4) is 0 Å². The summed E-state index contributed by atoms with van der Waals surface area (Å²) < 4.78 is 5.57. The number of likely N-dealkylation sites (tertiary alicyclic amines) is 1. The van der Waals surface area contributed by atoms with Crippen LogP contribution in [0, 0.1) is 0 Å². The van der Waals surface area contributed by atoms with E-state index in [0.29, 0.717) is 12.3 Å². The van der Waals surface area contributed by atoms with Gasteiger partial charge in [-0.3, -0.25) is 9.59 Å². The second-order valence-corrected chi connectivity index (χ2v) is 7.86. The third-order valence-electron chi connectivity index (χ3n) is 3.31. The molecule has 0 saturated carbocycles. The van der Waals surface area contributed by atoms with Crippen LogP contribution in [-0.2, 0) is 14.3 Å². The standard InChI is InChI=1S/C13H22N2O3S/c1-13(2,3)19-8-12(17)15-5-4-10-9(6-15)14-11(16)7-18-10/h9-10H,4-8H2,1-3H3,(H,14,16)/t9-,10+/m0/s1. The van der Waals surface area contributed by atoms with Gasteiger partial charge < -0.3 is 15.0 Å². The lowest BCUT2D eigenvalue weighted by molar-refractivity contribution is -0.145. The number of fused-ring (bicyclic) bond motifs is 1. The minimum Gasteiger partial charge on any atom is -0.366 e. The fourth-order valence-electron chi connectivity index (χ4n) is 2.30. The number of hydrogen-bond donors (Lipinski definition) is 1. The smallest absolute Gasteiger partial charge is 0.246 e. The molecule has 1 N–H and O–H groups in total. The van der Waals surface area contributed by atoms with Crippen LogP contribution < -0.4 is 5.32 Å². The van der Waals surface area contributed by atoms with Gasteiger partial charge in [0, 0.05) is 17.8 Å². The van der Waals surface area contributed by atoms with E-state index in [1.165, 1.54) is 0 Å². The summed E-state index contributed by atoms with van der Waals surface area (Å²) in [7, 11) is 0. The molecule has 2 atom stereocenters. The zero-order valence-electron chi connectivity index (χ0n) is 11.8. The van der Waals surface area contributed by atoms with E-state index >= 15 is 0 Å². The van der Waals surface area contributed by atoms with Crippen molar-refractivity contribution in [2.75, 3.05) is 25.4 Å². The fraction of sp³-hybridized carbons (Fsp3) is 0.846. The summed E-state index contributed by atoms with van der Waals surface area (Å²) in [6.45, 7) is 7.75. The van der Waals surface area contributed by atoms with E-state index < -0.39 is 0 Å². The van der Waals surface area contributed by atoms with Gasteiger partial charge in [-0.25, -0.2) is 0 Å². The maximum Gasteiger partial charge on any atom is 0.246 e. The first-order valence-electron chi connectivity index (χ1n) is 6.68. The van der Waals surface area contributed by atoms with Crippen LogP contribution in [-0.4, -0.2) is 59.1 Å². The van der Waals surface area contributed by atoms with Crippen molar-refractivity contribution in [1.82, 2.24) is 10.2 Å². The Hall–Kier alpha value is -0.750. The first kappa shape index (κ1) is 14.7. The van der Waals surface area contributed by atoms with Gasteiger partial charge >= 0.3 is 0 Å². The highest BCUT2D eigenvalue weighted by molar-refractivity contribution is 8.01. The lowest BCUT2D eigenvalue weighted by Crippen LogP contribution is -2.61. The van der Waals surface area contributed by atoms with Crippen LogP contribution in [0.2, 0.25) is 0 Å². The Labute approximate surface area is 118 Å². The minimum atomic E-state index is -0.0837. The number of morpholine rings is 1. The summed E-state index contributed by atoms with van der Waals surface area (Å²) >= 11 is 1.66. The predicted octanol–water partition coefficient (Wildman–Crippen LogP) is 0.634. The van der Waals surface area contributed by atoms with Crippen LogP contribution in [0.4, 0.5) is 0 Å². The molecule has 2 fully saturated rings. The number of amides is 2. The van der Waals surface area contributed by atoms with Gasteiger partial charge in [-0.1, -0.05) is 20.8 Å². The number of piperidine rings is 1. The lowest BCUT2D eigenvalue weighted by Gasteiger charge is -2.41. The molecule has 0 aromatic heterocycles. The number of hydrogen-bond acceptors (Lipinski definition) is 4. The molecule has 2 aliphatic heterocycles. The number of nitrogens with zero attached hydrogens (tertiary/aromatic N) is 1. The molecule has 0 spiro atoms. The van der Waals surface area contributed by atoms with Crippen molar-refractivity contribution in [2.45, 2.75) is 44.1 Å². The van der Waals surface area contributed by atoms with Crippen molar-refractivity contribution in [2.24, 2.45) is 0 Å². The van der Waals surface area contributed by atoms with Crippen molar-refractivity contribution in [3.63, 3.8) is 0 Å². The highest BCUT2D eigenvalue weighted by Crippen LogP contribution is 2.24. The number of ether oxygens (including phenoxy) is 1. The van der Waals surface area contributed by atoms with Crippen LogP contribution >= 0.6 is 11.8 Å². The summed E-state index contributed by atoms with van der Waals surface area (Å²) in [5.41, 5.74) is 0. The van der Waals surface area contributed by atoms with Crippen molar-refractivity contribution in [1.29, 1.82) is 0 Å². The summed E-state index contributed by atoms with van der Waals surface area (Å²) in [5.74, 6) is 0.563. The van der Waals surface area contributed by atoms with Gasteiger partial charge in [0.25, 0.3) is 0 Å². The summed E-state index contributed by atoms with van der Waals surface area (Å²) in [5, 5.41) is 2.91. The molecule has 0 unspecified atom stereocenters. The molecule has 2 rings (SSSR count). The monoisotopic (exact) mass is 286 g/mol. The molecule has 0 aromatic rings. The number of carbonyl (C=O) groups excluding carboxylic acids is 2. The number of thioether (sulfide) groups is 1. The van der Waals surface area contributed by atoms with Gasteiger partial charge in [-0.05, 0) is 6.42 Å². The topological polar surface area (TPSA) is 58.6 Å². The van der Waals surface area contributed by atoms with Crippen molar-refractivity contribution < 1.29 is 14.3 Å². The quantitative estimate of drug-likeness (QED) is 0.809. The molecular weight excluding hydrogens is 264 g/mol. The molecule has 0 bridgehead atoms. The van der Waals surface area contributed by atoms with E-state index in [4.69, 9.17) is 4.74 Å². The molecule has 5 nitrogen and oxygen atoms in total. The Balaban J connectivity index is 1.85. The Morgan fingerprint density at radius 1 is 1.53 bits per heavy atom. The van der Waals surface area contributed by atoms with Gasteiger partial charge in [0.1, 0.15) is 6.61 Å². The van der Waals surface area contributed by atoms with Gasteiger partial charge in [0.2, 0.25) is 11.8 Å². The lowest BCUT2D eigenvalue weighted by atomic mass is 10.0. The second-order valence-electron chi connectivity index (χ2n) is 6.05. The first-order chi connectivity index (χ1) is 8.85. The fourth-order valence-corrected chi connectivity index (χ4v) is 3.03. The van der Waals surface area contributed by atoms with Gasteiger partial charge in [0.05, 0.1) is 17.9 Å². The summed E-state index contributed by atoms with van der Waals surface area (Å²) in [6, 6.07) is -0.0430. The first-order valence-corrected chi connectivity index (χ1v) is 7.66. The zero-order chi connectivity index (χ0) is 14.0. The van der Waals surface area contributed by atoms with E-state index in [0.717, 1.165) is 13.0 Å². The van der Waals surface area contributed by atoms with E-state index in [-0.39, 0.29) is 35.3 Å². The maximum atomic E-state index is 12.2. The Morgan fingerprint density at radius 2 is 2.26 bits per heavy atom. The summed E-state index contributed by atoms with van der Waals surface area (Å²) in [6.07, 6.45) is 0.869. The highest BCUT2D eigenvalue weighted by atomic mass is 32.2. The zero-order valence-corrected chi connectivity index (χ0v) is 12.6. The van der Waals surface area contributed by atoms with E-state index in [1.807, 2.05) is 4.90 Å². The molecular formula is C13H22N2O3S. The second kappa shape index (κ2) is 5.71. The largest absolute Gasteiger partial charge is 0.366 e. The number of carbonyl (C=O) groups is 2. The van der Waals surface area contributed by atoms with Crippen LogP contribution in [0.15, 0.2) is 0 Å². The summed E-state index contributed by atoms with van der Waals surface area (Å²) in [4.78, 5) is 25.3. The molecule has 0 aromatic carbocycles. The van der Waals surface area contributed by atoms with Crippen LogP contribution in [0.3, 0.4) is 0 Å². The molecule has 19 heavy (non-hydrogen) atoms. The van der Waals surface area contributed by atoms with Crippen molar-refractivity contribution in [3.05, 3.63) is 0 Å². The normalized spacial score (nSPS) is 27.7. The Kier molecular flexibility index (Phi) is 4.40. The Morgan fingerprint density at radius 3 is 2.95 bits per heavy atom. The predicted molar refractivity (Wildman–Crippen MR) is 75.1 cm³/mol. The molecule has 2 aliphatic rings. The molecule has 108 valence electrons. The molecule has 2 heterocycles. The number of rotatable bonds is 2. The van der Waals surface area contributed by atoms with Gasteiger partial charge in [-0.2, -0.15) is 0 Å². The highest BCUT2D eigenvalue weighted by Gasteiger charge is 2.36. The molecule has 6 heteroatoms. The average Bonchev–Trinajstić information content (AvgIpc) is 2.34. The SMILES string of the molecule is CC(C)(C)SCC(=O)N1CC[C@H]2OCC(=O)N[C@H]2C1. The molecule has 0 radical (unpaired) electrons. The third-order valence-corrected chi connectivity index (χ3v) is 4.56. The average molecular weight is 286 g/mol.